The Bertz CT molecular complexity index is 777. The van der Waals surface area contributed by atoms with Gasteiger partial charge in [-0.1, -0.05) is 89.9 Å². The third-order valence-corrected chi connectivity index (χ3v) is 7.55. The van der Waals surface area contributed by atoms with Crippen molar-refractivity contribution in [1.29, 1.82) is 0 Å². The van der Waals surface area contributed by atoms with Gasteiger partial charge < -0.3 is 4.42 Å². The summed E-state index contributed by atoms with van der Waals surface area (Å²) in [6, 6.07) is 3.04. The molecule has 0 aliphatic heterocycles. The van der Waals surface area contributed by atoms with Gasteiger partial charge in [0.1, 0.15) is 0 Å². The molecule has 0 saturated heterocycles. The Labute approximate surface area is 223 Å². The Balaban J connectivity index is 1.50. The van der Waals surface area contributed by atoms with Crippen molar-refractivity contribution in [2.75, 3.05) is 0 Å². The van der Waals surface area contributed by atoms with E-state index >= 15 is 0 Å². The highest BCUT2D eigenvalue weighted by molar-refractivity contribution is 5.97. The van der Waals surface area contributed by atoms with Gasteiger partial charge in [0, 0.05) is 11.4 Å². The van der Waals surface area contributed by atoms with Crippen molar-refractivity contribution in [2.45, 2.75) is 141 Å². The van der Waals surface area contributed by atoms with Crippen LogP contribution in [0.4, 0.5) is 0 Å². The molecule has 37 heavy (non-hydrogen) atoms. The normalized spacial score (nSPS) is 19.8. The Morgan fingerprint density at radius 1 is 0.486 bits per heavy atom. The van der Waals surface area contributed by atoms with Crippen molar-refractivity contribution in [3.63, 3.8) is 0 Å². The third-order valence-electron chi connectivity index (χ3n) is 7.55. The number of nitrogens with one attached hydrogen (secondary N) is 2. The Hall–Kier alpha value is -2.44. The summed E-state index contributed by atoms with van der Waals surface area (Å²) in [5.41, 5.74) is 7.39. The van der Waals surface area contributed by atoms with Crippen LogP contribution in [0, 0.1) is 0 Å². The van der Waals surface area contributed by atoms with E-state index in [2.05, 4.69) is 21.1 Å². The van der Waals surface area contributed by atoms with E-state index in [0.717, 1.165) is 62.8 Å². The molecule has 1 aromatic heterocycles. The van der Waals surface area contributed by atoms with Crippen LogP contribution in [-0.2, 0) is 0 Å². The molecule has 0 unspecified atom stereocenters. The molecule has 2 aliphatic carbocycles. The smallest absolute Gasteiger partial charge is 0.307 e. The fourth-order valence-corrected chi connectivity index (χ4v) is 5.22. The number of hydrogen-bond acceptors (Lipinski definition) is 5. The summed E-state index contributed by atoms with van der Waals surface area (Å²) in [6.45, 7) is 0. The van der Waals surface area contributed by atoms with Crippen LogP contribution in [0.15, 0.2) is 26.8 Å². The molecule has 0 bridgehead atoms. The van der Waals surface area contributed by atoms with Crippen molar-refractivity contribution in [2.24, 2.45) is 10.2 Å². The van der Waals surface area contributed by atoms with Gasteiger partial charge in [-0.05, 0) is 63.5 Å². The summed E-state index contributed by atoms with van der Waals surface area (Å²) in [6.07, 6.45) is 26.1. The number of amides is 2. The average Bonchev–Trinajstić information content (AvgIpc) is 3.38. The van der Waals surface area contributed by atoms with E-state index in [9.17, 15) is 9.59 Å². The molecule has 1 aromatic rings. The summed E-state index contributed by atoms with van der Waals surface area (Å²) in [5, 5.41) is 8.83. The lowest BCUT2D eigenvalue weighted by atomic mass is 10.00. The van der Waals surface area contributed by atoms with E-state index in [1.54, 1.807) is 0 Å². The number of carbonyl (C=O) groups is 2. The van der Waals surface area contributed by atoms with Crippen molar-refractivity contribution >= 4 is 23.2 Å². The maximum absolute atomic E-state index is 12.6. The van der Waals surface area contributed by atoms with Gasteiger partial charge in [-0.25, -0.2) is 10.9 Å². The van der Waals surface area contributed by atoms with Crippen LogP contribution in [-0.4, -0.2) is 23.2 Å². The van der Waals surface area contributed by atoms with Crippen LogP contribution in [0.1, 0.15) is 162 Å². The first-order valence-corrected chi connectivity index (χ1v) is 15.0. The predicted octanol–water partition coefficient (Wildman–Crippen LogP) is 8.06. The number of carbonyl (C=O) groups excluding carboxylic acids is 2. The first-order valence-electron chi connectivity index (χ1n) is 15.0. The van der Waals surface area contributed by atoms with Crippen LogP contribution in [0.3, 0.4) is 0 Å². The van der Waals surface area contributed by atoms with E-state index in [0.29, 0.717) is 0 Å². The van der Waals surface area contributed by atoms with Crippen LogP contribution in [0.2, 0.25) is 0 Å². The zero-order valence-corrected chi connectivity index (χ0v) is 22.8. The Kier molecular flexibility index (Phi) is 14.1. The van der Waals surface area contributed by atoms with E-state index < -0.39 is 11.8 Å². The summed E-state index contributed by atoms with van der Waals surface area (Å²) >= 11 is 0. The molecular weight excluding hydrogens is 464 g/mol. The number of nitrogens with zero attached hydrogens (tertiary/aromatic N) is 2. The van der Waals surface area contributed by atoms with E-state index in [1.165, 1.54) is 102 Å². The fraction of sp³-hybridized carbons (Fsp3) is 0.733. The van der Waals surface area contributed by atoms with Gasteiger partial charge >= 0.3 is 11.8 Å². The minimum absolute atomic E-state index is 0.0845. The van der Waals surface area contributed by atoms with Crippen molar-refractivity contribution in [1.82, 2.24) is 10.9 Å². The highest BCUT2D eigenvalue weighted by Crippen LogP contribution is 2.17. The quantitative estimate of drug-likeness (QED) is 0.399. The molecule has 2 N–H and O–H groups in total. The van der Waals surface area contributed by atoms with Crippen molar-refractivity contribution < 1.29 is 14.0 Å². The molecule has 206 valence electrons. The maximum Gasteiger partial charge on any atom is 0.307 e. The SMILES string of the molecule is O=C(NN=C1CCCCCCCCCCC1)c1ccc(C(=O)NN=C2CCCCCCCCCCC2)o1. The molecule has 7 heteroatoms. The fourth-order valence-electron chi connectivity index (χ4n) is 5.22. The maximum atomic E-state index is 12.6. The average molecular weight is 513 g/mol. The van der Waals surface area contributed by atoms with E-state index in [1.807, 2.05) is 0 Å². The largest absolute Gasteiger partial charge is 0.446 e. The number of hydrogen-bond donors (Lipinski definition) is 2. The zero-order chi connectivity index (χ0) is 26.0. The first kappa shape index (κ1) is 29.1. The molecule has 0 aromatic carbocycles. The minimum Gasteiger partial charge on any atom is -0.446 e. The molecule has 2 saturated carbocycles. The molecule has 7 nitrogen and oxygen atoms in total. The molecule has 2 fully saturated rings. The van der Waals surface area contributed by atoms with Gasteiger partial charge in [0.25, 0.3) is 0 Å². The van der Waals surface area contributed by atoms with Gasteiger partial charge in [0.15, 0.2) is 11.5 Å². The van der Waals surface area contributed by atoms with Gasteiger partial charge in [0.2, 0.25) is 0 Å². The predicted molar refractivity (Wildman–Crippen MR) is 150 cm³/mol. The van der Waals surface area contributed by atoms with Gasteiger partial charge in [-0.2, -0.15) is 10.2 Å². The molecule has 0 atom stereocenters. The molecule has 3 rings (SSSR count). The highest BCUT2D eigenvalue weighted by atomic mass is 16.4. The highest BCUT2D eigenvalue weighted by Gasteiger charge is 2.16. The standard InChI is InChI=1S/C30H48N4O3/c35-29(33-31-25-19-15-11-7-3-1-4-8-12-16-20-25)27-23-24-28(37-27)30(36)34-32-26-21-17-13-9-5-2-6-10-14-18-22-26/h23-24H,1-22H2,(H,33,35)(H,34,36). The van der Waals surface area contributed by atoms with Crippen LogP contribution < -0.4 is 10.9 Å². The molecule has 2 aliphatic rings. The zero-order valence-electron chi connectivity index (χ0n) is 22.8. The number of furan rings is 1. The minimum atomic E-state index is -0.428. The number of hydrazone groups is 2. The second kappa shape index (κ2) is 17.9. The molecule has 0 radical (unpaired) electrons. The second-order valence-electron chi connectivity index (χ2n) is 10.8. The molecule has 0 spiro atoms. The topological polar surface area (TPSA) is 96.1 Å². The van der Waals surface area contributed by atoms with Gasteiger partial charge in [-0.15, -0.1) is 0 Å². The summed E-state index contributed by atoms with van der Waals surface area (Å²) < 4.78 is 5.55. The molecular formula is C30H48N4O3. The van der Waals surface area contributed by atoms with Crippen molar-refractivity contribution in [3.8, 4) is 0 Å². The Morgan fingerprint density at radius 3 is 1.05 bits per heavy atom. The van der Waals surface area contributed by atoms with Gasteiger partial charge in [0.05, 0.1) is 0 Å². The van der Waals surface area contributed by atoms with Gasteiger partial charge in [-0.3, -0.25) is 9.59 Å². The van der Waals surface area contributed by atoms with E-state index in [4.69, 9.17) is 4.42 Å². The lowest BCUT2D eigenvalue weighted by Crippen LogP contribution is -2.20. The van der Waals surface area contributed by atoms with Crippen LogP contribution in [0.25, 0.3) is 0 Å². The van der Waals surface area contributed by atoms with Crippen LogP contribution >= 0.6 is 0 Å². The summed E-state index contributed by atoms with van der Waals surface area (Å²) in [4.78, 5) is 25.2. The second-order valence-corrected chi connectivity index (χ2v) is 10.8. The molecule has 1 heterocycles. The van der Waals surface area contributed by atoms with Crippen molar-refractivity contribution in [3.05, 3.63) is 23.7 Å². The monoisotopic (exact) mass is 512 g/mol. The lowest BCUT2D eigenvalue weighted by Gasteiger charge is -2.09. The summed E-state index contributed by atoms with van der Waals surface area (Å²) in [5.74, 6) is -0.686. The van der Waals surface area contributed by atoms with Crippen LogP contribution in [0.5, 0.6) is 0 Å². The first-order chi connectivity index (χ1) is 18.2. The lowest BCUT2D eigenvalue weighted by molar-refractivity contribution is 0.0902. The Morgan fingerprint density at radius 2 is 0.757 bits per heavy atom. The third kappa shape index (κ3) is 12.1. The summed E-state index contributed by atoms with van der Waals surface area (Å²) in [7, 11) is 0. The number of rotatable bonds is 4. The molecule has 2 amide bonds. The van der Waals surface area contributed by atoms with E-state index in [-0.39, 0.29) is 11.5 Å².